The van der Waals surface area contributed by atoms with Crippen LogP contribution in [0.25, 0.3) is 0 Å². The maximum absolute atomic E-state index is 4.22. The molecule has 0 saturated heterocycles. The molecule has 0 radical (unpaired) electrons. The molecular formula is C11H16N2. The third-order valence-corrected chi connectivity index (χ3v) is 1.95. The van der Waals surface area contributed by atoms with Gasteiger partial charge in [0.1, 0.15) is 0 Å². The number of aryl methyl sites for hydroxylation is 1. The Labute approximate surface area is 79.7 Å². The van der Waals surface area contributed by atoms with Gasteiger partial charge in [0.15, 0.2) is 0 Å². The molecule has 0 amide bonds. The summed E-state index contributed by atoms with van der Waals surface area (Å²) in [5, 5.41) is 3.31. The van der Waals surface area contributed by atoms with E-state index < -0.39 is 0 Å². The van der Waals surface area contributed by atoms with Gasteiger partial charge in [-0.1, -0.05) is 12.1 Å². The van der Waals surface area contributed by atoms with Crippen LogP contribution in [-0.2, 0) is 6.54 Å². The second kappa shape index (κ2) is 4.77. The monoisotopic (exact) mass is 176 g/mol. The van der Waals surface area contributed by atoms with Crippen molar-refractivity contribution in [2.24, 2.45) is 0 Å². The van der Waals surface area contributed by atoms with Gasteiger partial charge in [-0.15, -0.1) is 6.58 Å². The average molecular weight is 176 g/mol. The molecule has 0 spiro atoms. The van der Waals surface area contributed by atoms with Crippen molar-refractivity contribution in [1.29, 1.82) is 0 Å². The SMILES string of the molecule is C=CC(C)NCc1ccc(C)nc1. The van der Waals surface area contributed by atoms with Crippen molar-refractivity contribution in [2.75, 3.05) is 0 Å². The molecule has 1 unspecified atom stereocenters. The zero-order valence-electron chi connectivity index (χ0n) is 8.25. The van der Waals surface area contributed by atoms with E-state index in [1.807, 2.05) is 25.3 Å². The van der Waals surface area contributed by atoms with Gasteiger partial charge in [0, 0.05) is 24.5 Å². The molecule has 1 aromatic heterocycles. The van der Waals surface area contributed by atoms with Crippen LogP contribution < -0.4 is 5.32 Å². The molecule has 0 aliphatic carbocycles. The van der Waals surface area contributed by atoms with Crippen molar-refractivity contribution in [3.8, 4) is 0 Å². The van der Waals surface area contributed by atoms with Crippen molar-refractivity contribution in [3.05, 3.63) is 42.2 Å². The highest BCUT2D eigenvalue weighted by atomic mass is 14.9. The predicted molar refractivity (Wildman–Crippen MR) is 55.5 cm³/mol. The molecule has 0 aliphatic heterocycles. The Bertz CT molecular complexity index is 264. The van der Waals surface area contributed by atoms with Gasteiger partial charge in [-0.25, -0.2) is 0 Å². The van der Waals surface area contributed by atoms with Crippen molar-refractivity contribution < 1.29 is 0 Å². The highest BCUT2D eigenvalue weighted by Crippen LogP contribution is 1.99. The molecule has 0 fully saturated rings. The van der Waals surface area contributed by atoms with Gasteiger partial charge in [0.25, 0.3) is 0 Å². The zero-order chi connectivity index (χ0) is 9.68. The van der Waals surface area contributed by atoms with Gasteiger partial charge >= 0.3 is 0 Å². The molecule has 0 aromatic carbocycles. The molecule has 0 aliphatic rings. The van der Waals surface area contributed by atoms with E-state index in [4.69, 9.17) is 0 Å². The minimum atomic E-state index is 0.348. The lowest BCUT2D eigenvalue weighted by Crippen LogP contribution is -2.22. The fraction of sp³-hybridized carbons (Fsp3) is 0.364. The molecule has 1 atom stereocenters. The Morgan fingerprint density at radius 3 is 2.92 bits per heavy atom. The number of rotatable bonds is 4. The minimum Gasteiger partial charge on any atom is -0.307 e. The molecular weight excluding hydrogens is 160 g/mol. The number of nitrogens with one attached hydrogen (secondary N) is 1. The second-order valence-corrected chi connectivity index (χ2v) is 3.21. The first kappa shape index (κ1) is 9.93. The van der Waals surface area contributed by atoms with E-state index in [9.17, 15) is 0 Å². The Hall–Kier alpha value is -1.15. The fourth-order valence-corrected chi connectivity index (χ4v) is 0.965. The van der Waals surface area contributed by atoms with Gasteiger partial charge in [0.2, 0.25) is 0 Å². The first-order chi connectivity index (χ1) is 6.22. The third-order valence-electron chi connectivity index (χ3n) is 1.95. The molecule has 1 rings (SSSR count). The normalized spacial score (nSPS) is 12.5. The van der Waals surface area contributed by atoms with Crippen molar-refractivity contribution in [2.45, 2.75) is 26.4 Å². The summed E-state index contributed by atoms with van der Waals surface area (Å²) in [7, 11) is 0. The van der Waals surface area contributed by atoms with Gasteiger partial charge in [-0.3, -0.25) is 4.98 Å². The summed E-state index contributed by atoms with van der Waals surface area (Å²) < 4.78 is 0. The molecule has 0 saturated carbocycles. The number of pyridine rings is 1. The number of hydrogen-bond acceptors (Lipinski definition) is 2. The summed E-state index contributed by atoms with van der Waals surface area (Å²) in [6, 6.07) is 4.46. The van der Waals surface area contributed by atoms with E-state index in [1.165, 1.54) is 5.56 Å². The Morgan fingerprint density at radius 1 is 1.62 bits per heavy atom. The smallest absolute Gasteiger partial charge is 0.0372 e. The Kier molecular flexibility index (Phi) is 3.65. The largest absolute Gasteiger partial charge is 0.307 e. The fourth-order valence-electron chi connectivity index (χ4n) is 0.965. The molecule has 2 nitrogen and oxygen atoms in total. The van der Waals surface area contributed by atoms with E-state index in [-0.39, 0.29) is 0 Å². The molecule has 1 aromatic rings. The number of nitrogens with zero attached hydrogens (tertiary/aromatic N) is 1. The van der Waals surface area contributed by atoms with Crippen LogP contribution in [0.3, 0.4) is 0 Å². The van der Waals surface area contributed by atoms with Gasteiger partial charge in [-0.05, 0) is 25.5 Å². The third kappa shape index (κ3) is 3.38. The summed E-state index contributed by atoms with van der Waals surface area (Å²) in [6.45, 7) is 8.62. The lowest BCUT2D eigenvalue weighted by Gasteiger charge is -2.08. The van der Waals surface area contributed by atoms with Crippen LogP contribution in [0.5, 0.6) is 0 Å². The quantitative estimate of drug-likeness (QED) is 0.710. The van der Waals surface area contributed by atoms with Crippen LogP contribution in [-0.4, -0.2) is 11.0 Å². The average Bonchev–Trinajstić information content (AvgIpc) is 2.16. The Morgan fingerprint density at radius 2 is 2.38 bits per heavy atom. The second-order valence-electron chi connectivity index (χ2n) is 3.21. The standard InChI is InChI=1S/C11H16N2/c1-4-9(2)12-7-11-6-5-10(3)13-8-11/h4-6,8-9,12H,1,7H2,2-3H3. The lowest BCUT2D eigenvalue weighted by atomic mass is 10.2. The molecule has 13 heavy (non-hydrogen) atoms. The maximum atomic E-state index is 4.22. The van der Waals surface area contributed by atoms with Gasteiger partial charge < -0.3 is 5.32 Å². The van der Waals surface area contributed by atoms with E-state index in [0.717, 1.165) is 12.2 Å². The van der Waals surface area contributed by atoms with Crippen LogP contribution in [0.4, 0.5) is 0 Å². The summed E-state index contributed by atoms with van der Waals surface area (Å²) in [5.41, 5.74) is 2.26. The van der Waals surface area contributed by atoms with Crippen molar-refractivity contribution >= 4 is 0 Å². The van der Waals surface area contributed by atoms with E-state index in [0.29, 0.717) is 6.04 Å². The first-order valence-corrected chi connectivity index (χ1v) is 4.50. The lowest BCUT2D eigenvalue weighted by molar-refractivity contribution is 0.633. The summed E-state index contributed by atoms with van der Waals surface area (Å²) in [6.07, 6.45) is 3.79. The summed E-state index contributed by atoms with van der Waals surface area (Å²) in [5.74, 6) is 0. The van der Waals surface area contributed by atoms with Crippen molar-refractivity contribution in [1.82, 2.24) is 10.3 Å². The van der Waals surface area contributed by atoms with Gasteiger partial charge in [-0.2, -0.15) is 0 Å². The molecule has 70 valence electrons. The number of aromatic nitrogens is 1. The van der Waals surface area contributed by atoms with Crippen LogP contribution in [0.2, 0.25) is 0 Å². The predicted octanol–water partition coefficient (Wildman–Crippen LogP) is 2.05. The zero-order valence-corrected chi connectivity index (χ0v) is 8.25. The van der Waals surface area contributed by atoms with Crippen LogP contribution in [0, 0.1) is 6.92 Å². The van der Waals surface area contributed by atoms with Crippen LogP contribution >= 0.6 is 0 Å². The van der Waals surface area contributed by atoms with Crippen LogP contribution in [0.15, 0.2) is 31.0 Å². The summed E-state index contributed by atoms with van der Waals surface area (Å²) in [4.78, 5) is 4.22. The van der Waals surface area contributed by atoms with Crippen molar-refractivity contribution in [3.63, 3.8) is 0 Å². The molecule has 2 heteroatoms. The maximum Gasteiger partial charge on any atom is 0.0372 e. The van der Waals surface area contributed by atoms with Crippen LogP contribution in [0.1, 0.15) is 18.2 Å². The van der Waals surface area contributed by atoms with E-state index in [2.05, 4.69) is 29.9 Å². The Balaban J connectivity index is 2.45. The first-order valence-electron chi connectivity index (χ1n) is 4.50. The highest BCUT2D eigenvalue weighted by molar-refractivity contribution is 5.13. The molecule has 1 heterocycles. The molecule has 1 N–H and O–H groups in total. The minimum absolute atomic E-state index is 0.348. The highest BCUT2D eigenvalue weighted by Gasteiger charge is 1.95. The topological polar surface area (TPSA) is 24.9 Å². The van der Waals surface area contributed by atoms with E-state index >= 15 is 0 Å². The summed E-state index contributed by atoms with van der Waals surface area (Å²) >= 11 is 0. The number of hydrogen-bond donors (Lipinski definition) is 1. The van der Waals surface area contributed by atoms with E-state index in [1.54, 1.807) is 0 Å². The van der Waals surface area contributed by atoms with Gasteiger partial charge in [0.05, 0.1) is 0 Å². The molecule has 0 bridgehead atoms.